The fraction of sp³-hybridized carbons (Fsp3) is 0.444. The highest BCUT2D eigenvalue weighted by Gasteiger charge is 2.16. The maximum atomic E-state index is 11.7. The van der Waals surface area contributed by atoms with E-state index in [0.717, 1.165) is 24.8 Å². The van der Waals surface area contributed by atoms with Crippen LogP contribution in [-0.2, 0) is 19.9 Å². The van der Waals surface area contributed by atoms with Crippen molar-refractivity contribution in [2.24, 2.45) is 5.14 Å². The topological polar surface area (TPSA) is 107 Å². The molecule has 0 aromatic carbocycles. The second-order valence-corrected chi connectivity index (χ2v) is 7.17. The van der Waals surface area contributed by atoms with Crippen molar-refractivity contribution < 1.29 is 16.8 Å². The Morgan fingerprint density at radius 2 is 1.88 bits per heavy atom. The van der Waals surface area contributed by atoms with Gasteiger partial charge in [-0.3, -0.25) is 0 Å². The summed E-state index contributed by atoms with van der Waals surface area (Å²) in [5, 5.41) is 4.75. The number of nitrogens with zero attached hydrogens (tertiary/aromatic N) is 1. The van der Waals surface area contributed by atoms with Crippen LogP contribution in [0.3, 0.4) is 0 Å². The Labute approximate surface area is 101 Å². The maximum absolute atomic E-state index is 11.7. The van der Waals surface area contributed by atoms with Gasteiger partial charge in [-0.25, -0.2) is 27.0 Å². The van der Waals surface area contributed by atoms with E-state index in [0.29, 0.717) is 6.42 Å². The highest BCUT2D eigenvalue weighted by atomic mass is 32.2. The summed E-state index contributed by atoms with van der Waals surface area (Å²) in [7, 11) is -7.27. The third-order valence-corrected chi connectivity index (χ3v) is 4.73. The first-order chi connectivity index (χ1) is 7.77. The third kappa shape index (κ3) is 3.76. The van der Waals surface area contributed by atoms with E-state index in [4.69, 9.17) is 5.14 Å². The van der Waals surface area contributed by atoms with Crippen molar-refractivity contribution in [1.82, 2.24) is 4.98 Å². The summed E-state index contributed by atoms with van der Waals surface area (Å²) in [5.41, 5.74) is 0. The van der Waals surface area contributed by atoms with Crippen molar-refractivity contribution in [1.29, 1.82) is 0 Å². The van der Waals surface area contributed by atoms with Crippen molar-refractivity contribution >= 4 is 19.9 Å². The molecule has 0 atom stereocenters. The molecule has 1 rings (SSSR count). The molecule has 96 valence electrons. The summed E-state index contributed by atoms with van der Waals surface area (Å²) in [4.78, 5) is 3.42. The van der Waals surface area contributed by atoms with Crippen LogP contribution in [0.1, 0.15) is 19.8 Å². The van der Waals surface area contributed by atoms with Gasteiger partial charge in [0.15, 0.2) is 14.9 Å². The van der Waals surface area contributed by atoms with E-state index in [2.05, 4.69) is 4.98 Å². The highest BCUT2D eigenvalue weighted by molar-refractivity contribution is 7.91. The maximum Gasteiger partial charge on any atom is 0.239 e. The molecule has 0 fully saturated rings. The Hall–Kier alpha value is -0.990. The van der Waals surface area contributed by atoms with Crippen LogP contribution in [-0.4, -0.2) is 27.6 Å². The fourth-order valence-electron chi connectivity index (χ4n) is 1.16. The summed E-state index contributed by atoms with van der Waals surface area (Å²) in [6.45, 7) is 1.88. The Balaban J connectivity index is 3.03. The highest BCUT2D eigenvalue weighted by Crippen LogP contribution is 2.12. The number of aromatic nitrogens is 1. The van der Waals surface area contributed by atoms with E-state index in [9.17, 15) is 16.8 Å². The van der Waals surface area contributed by atoms with Crippen LogP contribution in [0.2, 0.25) is 0 Å². The van der Waals surface area contributed by atoms with E-state index >= 15 is 0 Å². The number of hydrogen-bond acceptors (Lipinski definition) is 5. The lowest BCUT2D eigenvalue weighted by molar-refractivity contribution is 0.586. The van der Waals surface area contributed by atoms with Crippen LogP contribution in [0, 0.1) is 0 Å². The molecule has 0 saturated carbocycles. The number of primary sulfonamides is 1. The number of nitrogens with two attached hydrogens (primary N) is 1. The quantitative estimate of drug-likeness (QED) is 0.833. The average molecular weight is 278 g/mol. The van der Waals surface area contributed by atoms with Crippen molar-refractivity contribution in [3.8, 4) is 0 Å². The largest absolute Gasteiger partial charge is 0.243 e. The van der Waals surface area contributed by atoms with Crippen LogP contribution in [0.5, 0.6) is 0 Å². The number of sulfone groups is 1. The predicted molar refractivity (Wildman–Crippen MR) is 62.6 cm³/mol. The molecule has 0 aliphatic rings. The predicted octanol–water partition coefficient (Wildman–Crippen LogP) is 0.303. The van der Waals surface area contributed by atoms with Gasteiger partial charge in [-0.05, 0) is 18.6 Å². The van der Waals surface area contributed by atoms with Gasteiger partial charge in [0, 0.05) is 6.20 Å². The Morgan fingerprint density at radius 1 is 1.24 bits per heavy atom. The lowest BCUT2D eigenvalue weighted by Crippen LogP contribution is -2.14. The molecule has 0 amide bonds. The molecule has 8 heteroatoms. The SMILES string of the molecule is CCCCS(=O)(=O)c1ccc(S(N)(=O)=O)cn1. The van der Waals surface area contributed by atoms with Gasteiger partial charge in [0.1, 0.15) is 4.90 Å². The molecule has 0 spiro atoms. The standard InChI is InChI=1S/C9H14N2O4S2/c1-2-3-6-16(12,13)9-5-4-8(7-11-9)17(10,14)15/h4-5,7H,2-3,6H2,1H3,(H2,10,14,15). The molecule has 17 heavy (non-hydrogen) atoms. The van der Waals surface area contributed by atoms with Gasteiger partial charge in [-0.15, -0.1) is 0 Å². The zero-order valence-electron chi connectivity index (χ0n) is 9.33. The summed E-state index contributed by atoms with van der Waals surface area (Å²) in [5.74, 6) is 0.00518. The first-order valence-corrected chi connectivity index (χ1v) is 8.19. The Bertz CT molecular complexity index is 576. The molecular formula is C9H14N2O4S2. The minimum Gasteiger partial charge on any atom is -0.243 e. The summed E-state index contributed by atoms with van der Waals surface area (Å²) < 4.78 is 45.3. The van der Waals surface area contributed by atoms with Crippen LogP contribution in [0.15, 0.2) is 28.3 Å². The monoisotopic (exact) mass is 278 g/mol. The molecule has 1 heterocycles. The molecule has 2 N–H and O–H groups in total. The van der Waals surface area contributed by atoms with Crippen LogP contribution < -0.4 is 5.14 Å². The second-order valence-electron chi connectivity index (χ2n) is 3.55. The van der Waals surface area contributed by atoms with E-state index in [1.54, 1.807) is 0 Å². The van der Waals surface area contributed by atoms with Gasteiger partial charge in [0.2, 0.25) is 10.0 Å². The van der Waals surface area contributed by atoms with Gasteiger partial charge < -0.3 is 0 Å². The molecule has 0 bridgehead atoms. The van der Waals surface area contributed by atoms with Gasteiger partial charge in [-0.2, -0.15) is 0 Å². The zero-order valence-corrected chi connectivity index (χ0v) is 11.0. The molecule has 1 aromatic rings. The molecule has 1 aromatic heterocycles. The normalized spacial score (nSPS) is 12.6. The van der Waals surface area contributed by atoms with E-state index in [1.165, 1.54) is 0 Å². The lowest BCUT2D eigenvalue weighted by atomic mass is 10.4. The van der Waals surface area contributed by atoms with Gasteiger partial charge in [0.25, 0.3) is 0 Å². The molecule has 6 nitrogen and oxygen atoms in total. The van der Waals surface area contributed by atoms with E-state index in [-0.39, 0.29) is 15.7 Å². The number of unbranched alkanes of at least 4 members (excludes halogenated alkanes) is 1. The summed E-state index contributed by atoms with van der Waals surface area (Å²) in [6, 6.07) is 2.30. The molecular weight excluding hydrogens is 264 g/mol. The fourth-order valence-corrected chi connectivity index (χ4v) is 2.98. The molecule has 0 aliphatic heterocycles. The van der Waals surface area contributed by atoms with E-state index in [1.807, 2.05) is 6.92 Å². The number of rotatable bonds is 5. The van der Waals surface area contributed by atoms with Crippen LogP contribution in [0.4, 0.5) is 0 Å². The number of pyridine rings is 1. The minimum absolute atomic E-state index is 0.00518. The summed E-state index contributed by atoms with van der Waals surface area (Å²) >= 11 is 0. The van der Waals surface area contributed by atoms with Gasteiger partial charge in [0.05, 0.1) is 5.75 Å². The first-order valence-electron chi connectivity index (χ1n) is 4.99. The third-order valence-electron chi connectivity index (χ3n) is 2.12. The average Bonchev–Trinajstić information content (AvgIpc) is 2.25. The van der Waals surface area contributed by atoms with Crippen molar-refractivity contribution in [2.75, 3.05) is 5.75 Å². The molecule has 0 saturated heterocycles. The second kappa shape index (κ2) is 5.11. The minimum atomic E-state index is -3.84. The van der Waals surface area contributed by atoms with E-state index < -0.39 is 19.9 Å². The lowest BCUT2D eigenvalue weighted by Gasteiger charge is -2.03. The zero-order chi connectivity index (χ0) is 13.1. The Morgan fingerprint density at radius 3 is 2.29 bits per heavy atom. The first kappa shape index (κ1) is 14.1. The van der Waals surface area contributed by atoms with Crippen molar-refractivity contribution in [3.63, 3.8) is 0 Å². The number of hydrogen-bond donors (Lipinski definition) is 1. The van der Waals surface area contributed by atoms with Gasteiger partial charge in [-0.1, -0.05) is 13.3 Å². The van der Waals surface area contributed by atoms with Crippen molar-refractivity contribution in [2.45, 2.75) is 29.7 Å². The summed E-state index contributed by atoms with van der Waals surface area (Å²) in [6.07, 6.45) is 2.25. The van der Waals surface area contributed by atoms with Crippen molar-refractivity contribution in [3.05, 3.63) is 18.3 Å². The van der Waals surface area contributed by atoms with Crippen LogP contribution in [0.25, 0.3) is 0 Å². The smallest absolute Gasteiger partial charge is 0.239 e. The van der Waals surface area contributed by atoms with Crippen LogP contribution >= 0.6 is 0 Å². The Kier molecular flexibility index (Phi) is 4.23. The molecule has 0 unspecified atom stereocenters. The van der Waals surface area contributed by atoms with Gasteiger partial charge >= 0.3 is 0 Å². The molecule has 0 radical (unpaired) electrons. The number of sulfonamides is 1. The molecule has 0 aliphatic carbocycles.